The number of anilines is 2. The van der Waals surface area contributed by atoms with E-state index >= 15 is 0 Å². The Morgan fingerprint density at radius 2 is 2.29 bits per heavy atom. The van der Waals surface area contributed by atoms with Gasteiger partial charge in [-0.1, -0.05) is 0 Å². The van der Waals surface area contributed by atoms with E-state index in [0.29, 0.717) is 18.4 Å². The number of nitrogen functional groups attached to an aromatic ring is 1. The monoisotopic (exact) mass is 286 g/mol. The predicted octanol–water partition coefficient (Wildman–Crippen LogP) is 0.572. The molecular formula is C12H14N8O. The van der Waals surface area contributed by atoms with E-state index < -0.39 is 0 Å². The molecule has 0 amide bonds. The zero-order valence-corrected chi connectivity index (χ0v) is 11.3. The Labute approximate surface area is 120 Å². The maximum Gasteiger partial charge on any atom is 0.243 e. The number of nitrogens with zero attached hydrogens (tertiary/aromatic N) is 6. The summed E-state index contributed by atoms with van der Waals surface area (Å²) in [5.41, 5.74) is 3.46. The van der Waals surface area contributed by atoms with Crippen molar-refractivity contribution in [2.24, 2.45) is 5.84 Å². The Hall–Kier alpha value is -2.94. The van der Waals surface area contributed by atoms with Crippen molar-refractivity contribution in [3.63, 3.8) is 0 Å². The third-order valence-corrected chi connectivity index (χ3v) is 2.82. The summed E-state index contributed by atoms with van der Waals surface area (Å²) >= 11 is 0. The molecule has 0 bridgehead atoms. The Kier molecular flexibility index (Phi) is 3.48. The number of hydrazine groups is 1. The summed E-state index contributed by atoms with van der Waals surface area (Å²) < 4.78 is 6.73. The molecule has 0 aliphatic heterocycles. The maximum atomic E-state index is 5.42. The molecule has 0 atom stereocenters. The number of rotatable bonds is 5. The highest BCUT2D eigenvalue weighted by Crippen LogP contribution is 2.14. The molecule has 3 heterocycles. The summed E-state index contributed by atoms with van der Waals surface area (Å²) in [6.07, 6.45) is 8.30. The van der Waals surface area contributed by atoms with E-state index in [1.165, 1.54) is 0 Å². The molecule has 0 aromatic carbocycles. The van der Waals surface area contributed by atoms with E-state index in [1.54, 1.807) is 35.8 Å². The molecule has 108 valence electrons. The van der Waals surface area contributed by atoms with Crippen LogP contribution in [0.5, 0.6) is 0 Å². The average molecular weight is 286 g/mol. The molecule has 9 heteroatoms. The zero-order chi connectivity index (χ0) is 14.7. The van der Waals surface area contributed by atoms with Gasteiger partial charge in [-0.25, -0.2) is 10.8 Å². The lowest BCUT2D eigenvalue weighted by Crippen LogP contribution is -2.22. The van der Waals surface area contributed by atoms with Crippen molar-refractivity contribution in [1.29, 1.82) is 0 Å². The smallest absolute Gasteiger partial charge is 0.243 e. The van der Waals surface area contributed by atoms with Gasteiger partial charge in [0.25, 0.3) is 0 Å². The van der Waals surface area contributed by atoms with Crippen LogP contribution in [0.25, 0.3) is 5.95 Å². The fourth-order valence-corrected chi connectivity index (χ4v) is 1.81. The lowest BCUT2D eigenvalue weighted by Gasteiger charge is -2.17. The summed E-state index contributed by atoms with van der Waals surface area (Å²) in [6, 6.07) is 1.89. The SMILES string of the molecule is CN(Cc1ccoc1)c1nc(NN)nc(-n2ccnc2)n1. The van der Waals surface area contributed by atoms with Gasteiger partial charge in [0.1, 0.15) is 6.33 Å². The molecule has 3 N–H and O–H groups in total. The summed E-state index contributed by atoms with van der Waals surface area (Å²) in [4.78, 5) is 18.7. The second-order valence-corrected chi connectivity index (χ2v) is 4.36. The van der Waals surface area contributed by atoms with E-state index in [-0.39, 0.29) is 5.95 Å². The van der Waals surface area contributed by atoms with Gasteiger partial charge in [0.2, 0.25) is 17.8 Å². The largest absolute Gasteiger partial charge is 0.472 e. The van der Waals surface area contributed by atoms with E-state index in [9.17, 15) is 0 Å². The van der Waals surface area contributed by atoms with Crippen LogP contribution in [0, 0.1) is 0 Å². The number of imidazole rings is 1. The highest BCUT2D eigenvalue weighted by Gasteiger charge is 2.12. The molecule has 0 unspecified atom stereocenters. The molecule has 0 saturated carbocycles. The molecule has 0 spiro atoms. The molecule has 3 rings (SSSR count). The number of aromatic nitrogens is 5. The van der Waals surface area contributed by atoms with E-state index in [0.717, 1.165) is 5.56 Å². The second-order valence-electron chi connectivity index (χ2n) is 4.36. The molecule has 3 aromatic rings. The summed E-state index contributed by atoms with van der Waals surface area (Å²) in [7, 11) is 1.88. The van der Waals surface area contributed by atoms with Gasteiger partial charge in [-0.05, 0) is 6.07 Å². The van der Waals surface area contributed by atoms with Gasteiger partial charge in [0.15, 0.2) is 0 Å². The van der Waals surface area contributed by atoms with Crippen LogP contribution in [0.2, 0.25) is 0 Å². The van der Waals surface area contributed by atoms with Gasteiger partial charge in [0, 0.05) is 31.5 Å². The first-order chi connectivity index (χ1) is 10.3. The zero-order valence-electron chi connectivity index (χ0n) is 11.3. The second kappa shape index (κ2) is 5.59. The quantitative estimate of drug-likeness (QED) is 0.517. The van der Waals surface area contributed by atoms with Crippen LogP contribution in [0.1, 0.15) is 5.56 Å². The van der Waals surface area contributed by atoms with Gasteiger partial charge in [0.05, 0.1) is 12.5 Å². The fourth-order valence-electron chi connectivity index (χ4n) is 1.81. The third-order valence-electron chi connectivity index (χ3n) is 2.82. The molecular weight excluding hydrogens is 272 g/mol. The van der Waals surface area contributed by atoms with Crippen LogP contribution < -0.4 is 16.2 Å². The standard InChI is InChI=1S/C12H14N8O/c1-19(6-9-2-5-21-7-9)11-15-10(18-13)16-12(17-11)20-4-3-14-8-20/h2-5,7-8H,6,13H2,1H3,(H,15,16,17,18). The molecule has 0 aliphatic rings. The van der Waals surface area contributed by atoms with Crippen molar-refractivity contribution in [2.45, 2.75) is 6.54 Å². The summed E-state index contributed by atoms with van der Waals surface area (Å²) in [5, 5.41) is 0. The first kappa shape index (κ1) is 13.1. The van der Waals surface area contributed by atoms with Gasteiger partial charge < -0.3 is 9.32 Å². The van der Waals surface area contributed by atoms with E-state index in [1.807, 2.05) is 18.0 Å². The molecule has 3 aromatic heterocycles. The number of nitrogens with one attached hydrogen (secondary N) is 1. The third kappa shape index (κ3) is 2.82. The Morgan fingerprint density at radius 3 is 2.95 bits per heavy atom. The summed E-state index contributed by atoms with van der Waals surface area (Å²) in [6.45, 7) is 0.605. The van der Waals surface area contributed by atoms with Gasteiger partial charge >= 0.3 is 0 Å². The Bertz CT molecular complexity index is 694. The number of hydrogen-bond donors (Lipinski definition) is 2. The normalized spacial score (nSPS) is 10.6. The van der Waals surface area contributed by atoms with Crippen molar-refractivity contribution >= 4 is 11.9 Å². The summed E-state index contributed by atoms with van der Waals surface area (Å²) in [5.74, 6) is 6.62. The highest BCUT2D eigenvalue weighted by molar-refractivity contribution is 5.39. The van der Waals surface area contributed by atoms with Crippen molar-refractivity contribution in [2.75, 3.05) is 17.4 Å². The van der Waals surface area contributed by atoms with Gasteiger partial charge in [-0.3, -0.25) is 9.99 Å². The minimum Gasteiger partial charge on any atom is -0.472 e. The first-order valence-electron chi connectivity index (χ1n) is 6.19. The van der Waals surface area contributed by atoms with Crippen molar-refractivity contribution in [3.05, 3.63) is 42.9 Å². The Morgan fingerprint density at radius 1 is 1.38 bits per heavy atom. The molecule has 9 nitrogen and oxygen atoms in total. The molecule has 0 radical (unpaired) electrons. The number of furan rings is 1. The predicted molar refractivity (Wildman–Crippen MR) is 75.6 cm³/mol. The molecule has 0 saturated heterocycles. The van der Waals surface area contributed by atoms with Crippen molar-refractivity contribution < 1.29 is 4.42 Å². The number of nitrogens with two attached hydrogens (primary N) is 1. The highest BCUT2D eigenvalue weighted by atomic mass is 16.3. The van der Waals surface area contributed by atoms with Crippen LogP contribution in [0.3, 0.4) is 0 Å². The van der Waals surface area contributed by atoms with Crippen molar-refractivity contribution in [1.82, 2.24) is 24.5 Å². The minimum atomic E-state index is 0.280. The van der Waals surface area contributed by atoms with Gasteiger partial charge in [-0.15, -0.1) is 0 Å². The fraction of sp³-hybridized carbons (Fsp3) is 0.167. The van der Waals surface area contributed by atoms with Crippen LogP contribution in [-0.2, 0) is 6.54 Å². The molecule has 0 aliphatic carbocycles. The minimum absolute atomic E-state index is 0.280. The topological polar surface area (TPSA) is 111 Å². The lowest BCUT2D eigenvalue weighted by molar-refractivity contribution is 0.563. The van der Waals surface area contributed by atoms with Gasteiger partial charge in [-0.2, -0.15) is 15.0 Å². The van der Waals surface area contributed by atoms with Crippen LogP contribution in [0.15, 0.2) is 41.7 Å². The van der Waals surface area contributed by atoms with Crippen LogP contribution in [0.4, 0.5) is 11.9 Å². The molecule has 21 heavy (non-hydrogen) atoms. The lowest BCUT2D eigenvalue weighted by atomic mass is 10.3. The maximum absolute atomic E-state index is 5.42. The molecule has 0 fully saturated rings. The Balaban J connectivity index is 1.92. The first-order valence-corrected chi connectivity index (χ1v) is 6.19. The van der Waals surface area contributed by atoms with E-state index in [4.69, 9.17) is 10.3 Å². The number of hydrogen-bond acceptors (Lipinski definition) is 8. The van der Waals surface area contributed by atoms with Crippen LogP contribution >= 0.6 is 0 Å². The van der Waals surface area contributed by atoms with E-state index in [2.05, 4.69) is 25.4 Å². The average Bonchev–Trinajstić information content (AvgIpc) is 3.20. The van der Waals surface area contributed by atoms with Crippen LogP contribution in [-0.4, -0.2) is 31.6 Å². The van der Waals surface area contributed by atoms with Crippen molar-refractivity contribution in [3.8, 4) is 5.95 Å².